The van der Waals surface area contributed by atoms with Crippen molar-refractivity contribution in [2.45, 2.75) is 105 Å². The molecule has 1 unspecified atom stereocenters. The molecule has 0 aliphatic carbocycles. The van der Waals surface area contributed by atoms with Crippen LogP contribution in [0.1, 0.15) is 74.7 Å². The summed E-state index contributed by atoms with van der Waals surface area (Å²) in [5.74, 6) is -2.86. The molecule has 11 nitrogen and oxygen atoms in total. The van der Waals surface area contributed by atoms with Gasteiger partial charge in [0.15, 0.2) is 0 Å². The van der Waals surface area contributed by atoms with Crippen molar-refractivity contribution in [3.63, 3.8) is 0 Å². The van der Waals surface area contributed by atoms with Crippen molar-refractivity contribution in [2.75, 3.05) is 28.2 Å². The number of amides is 5. The number of carbonyl (C=O) groups excluding carboxylic acids is 5. The Balaban J connectivity index is 6.54. The molecule has 0 spiro atoms. The topological polar surface area (TPSA) is 139 Å². The number of hydrogen-bond donors (Lipinski definition) is 3. The van der Waals surface area contributed by atoms with Crippen LogP contribution in [0.5, 0.6) is 0 Å². The summed E-state index contributed by atoms with van der Waals surface area (Å²) in [6.07, 6.45) is 3.65. The van der Waals surface area contributed by atoms with Gasteiger partial charge in [-0.15, -0.1) is 0 Å². The highest BCUT2D eigenvalue weighted by Crippen LogP contribution is 2.22. The number of hydrogen-bond acceptors (Lipinski definition) is 6. The second-order valence-electron chi connectivity index (χ2n) is 11.7. The molecule has 0 saturated heterocycles. The highest BCUT2D eigenvalue weighted by Gasteiger charge is 2.43. The van der Waals surface area contributed by atoms with E-state index < -0.39 is 48.0 Å². The van der Waals surface area contributed by atoms with Crippen molar-refractivity contribution in [3.05, 3.63) is 12.2 Å². The highest BCUT2D eigenvalue weighted by atomic mass is 16.3. The lowest BCUT2D eigenvalue weighted by Gasteiger charge is -2.40. The fourth-order valence-electron chi connectivity index (χ4n) is 4.85. The van der Waals surface area contributed by atoms with Gasteiger partial charge >= 0.3 is 0 Å². The molecule has 0 aromatic carbocycles. The number of nitrogens with zero attached hydrogens (tertiary/aromatic N) is 3. The quantitative estimate of drug-likeness (QED) is 0.238. The summed E-state index contributed by atoms with van der Waals surface area (Å²) in [7, 11) is 5.99. The maximum absolute atomic E-state index is 14.1. The lowest BCUT2D eigenvalue weighted by atomic mass is 9.91. The fraction of sp³-hybridized carbons (Fsp3) is 0.767. The van der Waals surface area contributed by atoms with E-state index in [4.69, 9.17) is 0 Å². The standard InChI is InChI=1S/C30H55N5O6/c1-13-15-16-20(7)26(37)25(28(39)32-22(14-2)27(38)31-9)35(12)30(41)24(19(5)6)34(11)29(40)23(17-18(3)4)33(10)21(8)36/h13,15,18-20,22-26,37H,14,16-17H2,1-12H3,(H,31,38)(H,32,39)/b15-13+/t20-,22?,23+,24+,25+,26-/m1/s1. The van der Waals surface area contributed by atoms with E-state index in [-0.39, 0.29) is 29.6 Å². The van der Waals surface area contributed by atoms with Crippen molar-refractivity contribution in [1.82, 2.24) is 25.3 Å². The molecule has 6 atom stereocenters. The van der Waals surface area contributed by atoms with Gasteiger partial charge in [0.2, 0.25) is 29.5 Å². The summed E-state index contributed by atoms with van der Waals surface area (Å²) in [6, 6.07) is -3.91. The molecule has 0 bridgehead atoms. The number of likely N-dealkylation sites (N-methyl/N-ethyl adjacent to an activating group) is 4. The van der Waals surface area contributed by atoms with Crippen LogP contribution in [0, 0.1) is 17.8 Å². The van der Waals surface area contributed by atoms with E-state index in [1.165, 1.54) is 42.8 Å². The molecular formula is C30H55N5O6. The van der Waals surface area contributed by atoms with Gasteiger partial charge in [-0.05, 0) is 43.9 Å². The first-order valence-corrected chi connectivity index (χ1v) is 14.6. The third-order valence-corrected chi connectivity index (χ3v) is 7.56. The van der Waals surface area contributed by atoms with E-state index in [2.05, 4.69) is 10.6 Å². The average molecular weight is 582 g/mol. The van der Waals surface area contributed by atoms with Crippen molar-refractivity contribution in [3.8, 4) is 0 Å². The number of carbonyl (C=O) groups is 5. The lowest BCUT2D eigenvalue weighted by Crippen LogP contribution is -2.63. The van der Waals surface area contributed by atoms with Gasteiger partial charge in [-0.25, -0.2) is 0 Å². The number of aliphatic hydroxyl groups is 1. The fourth-order valence-corrected chi connectivity index (χ4v) is 4.85. The first-order chi connectivity index (χ1) is 19.0. The van der Waals surface area contributed by atoms with Crippen LogP contribution >= 0.6 is 0 Å². The van der Waals surface area contributed by atoms with Crippen molar-refractivity contribution in [2.24, 2.45) is 17.8 Å². The summed E-state index contributed by atoms with van der Waals surface area (Å²) in [5.41, 5.74) is 0. The van der Waals surface area contributed by atoms with E-state index >= 15 is 0 Å². The molecule has 0 radical (unpaired) electrons. The molecule has 0 heterocycles. The maximum atomic E-state index is 14.1. The molecule has 5 amide bonds. The minimum atomic E-state index is -1.32. The van der Waals surface area contributed by atoms with Gasteiger partial charge in [0.05, 0.1) is 6.10 Å². The largest absolute Gasteiger partial charge is 0.390 e. The lowest BCUT2D eigenvalue weighted by molar-refractivity contribution is -0.155. The van der Waals surface area contributed by atoms with Crippen LogP contribution in [0.3, 0.4) is 0 Å². The molecule has 236 valence electrons. The molecular weight excluding hydrogens is 526 g/mol. The molecule has 3 N–H and O–H groups in total. The highest BCUT2D eigenvalue weighted by molar-refractivity contribution is 5.95. The second-order valence-corrected chi connectivity index (χ2v) is 11.7. The smallest absolute Gasteiger partial charge is 0.246 e. The van der Waals surface area contributed by atoms with E-state index in [9.17, 15) is 29.1 Å². The Morgan fingerprint density at radius 2 is 1.39 bits per heavy atom. The van der Waals surface area contributed by atoms with Crippen molar-refractivity contribution < 1.29 is 29.1 Å². The monoisotopic (exact) mass is 581 g/mol. The second kappa shape index (κ2) is 17.8. The van der Waals surface area contributed by atoms with Gasteiger partial charge < -0.3 is 30.4 Å². The summed E-state index contributed by atoms with van der Waals surface area (Å²) in [6.45, 7) is 14.3. The zero-order chi connectivity index (χ0) is 32.2. The third-order valence-electron chi connectivity index (χ3n) is 7.56. The Kier molecular flexibility index (Phi) is 16.5. The third kappa shape index (κ3) is 10.8. The predicted octanol–water partition coefficient (Wildman–Crippen LogP) is 1.79. The van der Waals surface area contributed by atoms with Crippen LogP contribution in [0.2, 0.25) is 0 Å². The first kappa shape index (κ1) is 38.0. The maximum Gasteiger partial charge on any atom is 0.246 e. The van der Waals surface area contributed by atoms with Crippen LogP contribution in [0.15, 0.2) is 12.2 Å². The van der Waals surface area contributed by atoms with Crippen LogP contribution < -0.4 is 10.6 Å². The number of nitrogens with one attached hydrogen (secondary N) is 2. The van der Waals surface area contributed by atoms with Crippen molar-refractivity contribution in [1.29, 1.82) is 0 Å². The Bertz CT molecular complexity index is 921. The van der Waals surface area contributed by atoms with E-state index in [1.54, 1.807) is 34.7 Å². The van der Waals surface area contributed by atoms with Gasteiger partial charge in [0.1, 0.15) is 24.2 Å². The molecule has 0 aromatic heterocycles. The Hall–Kier alpha value is -2.95. The summed E-state index contributed by atoms with van der Waals surface area (Å²) in [5, 5.41) is 16.6. The minimum absolute atomic E-state index is 0.115. The summed E-state index contributed by atoms with van der Waals surface area (Å²) >= 11 is 0. The normalized spacial score (nSPS) is 16.0. The van der Waals surface area contributed by atoms with Crippen molar-refractivity contribution >= 4 is 29.5 Å². The number of rotatable bonds is 16. The van der Waals surface area contributed by atoms with Crippen LogP contribution in [-0.2, 0) is 24.0 Å². The van der Waals surface area contributed by atoms with E-state index in [0.29, 0.717) is 19.3 Å². The molecule has 0 aliphatic rings. The van der Waals surface area contributed by atoms with Gasteiger partial charge in [0, 0.05) is 35.1 Å². The van der Waals surface area contributed by atoms with Gasteiger partial charge in [0.25, 0.3) is 0 Å². The molecule has 11 heteroatoms. The van der Waals surface area contributed by atoms with Crippen LogP contribution in [0.25, 0.3) is 0 Å². The zero-order valence-electron chi connectivity index (χ0n) is 27.2. The SMILES string of the molecule is C/C=C/C[C@@H](C)[C@@H](O)[C@@H](C(=O)NC(CC)C(=O)NC)N(C)C(=O)[C@H](C(C)C)N(C)C(=O)[C@H](CC(C)C)N(C)C(C)=O. The summed E-state index contributed by atoms with van der Waals surface area (Å²) in [4.78, 5) is 69.8. The van der Waals surface area contributed by atoms with Gasteiger partial charge in [-0.2, -0.15) is 0 Å². The van der Waals surface area contributed by atoms with Gasteiger partial charge in [-0.3, -0.25) is 24.0 Å². The average Bonchev–Trinajstić information content (AvgIpc) is 2.91. The molecule has 0 saturated carbocycles. The van der Waals surface area contributed by atoms with Gasteiger partial charge in [-0.1, -0.05) is 53.7 Å². The molecule has 0 fully saturated rings. The van der Waals surface area contributed by atoms with Crippen LogP contribution in [0.4, 0.5) is 0 Å². The molecule has 0 aromatic rings. The number of allylic oxidation sites excluding steroid dienone is 2. The zero-order valence-corrected chi connectivity index (χ0v) is 27.2. The summed E-state index contributed by atoms with van der Waals surface area (Å²) < 4.78 is 0. The molecule has 0 aliphatic heterocycles. The van der Waals surface area contributed by atoms with E-state index in [0.717, 1.165) is 0 Å². The minimum Gasteiger partial charge on any atom is -0.390 e. The molecule has 0 rings (SSSR count). The number of aliphatic hydroxyl groups excluding tert-OH is 1. The Morgan fingerprint density at radius 1 is 0.854 bits per heavy atom. The first-order valence-electron chi connectivity index (χ1n) is 14.6. The predicted molar refractivity (Wildman–Crippen MR) is 161 cm³/mol. The van der Waals surface area contributed by atoms with Crippen LogP contribution in [-0.4, -0.2) is 108 Å². The van der Waals surface area contributed by atoms with E-state index in [1.807, 2.05) is 32.9 Å². The molecule has 41 heavy (non-hydrogen) atoms. The Labute approximate surface area is 247 Å². The Morgan fingerprint density at radius 3 is 1.80 bits per heavy atom.